The molecule has 7 heteroatoms. The van der Waals surface area contributed by atoms with Crippen LogP contribution in [-0.2, 0) is 30.2 Å². The van der Waals surface area contributed by atoms with Crippen molar-refractivity contribution in [1.29, 1.82) is 0 Å². The Kier molecular flexibility index (Phi) is 6.12. The van der Waals surface area contributed by atoms with E-state index in [-0.39, 0.29) is 30.2 Å². The highest BCUT2D eigenvalue weighted by atomic mass is 16.7. The number of furan rings is 1. The van der Waals surface area contributed by atoms with Gasteiger partial charge in [0.25, 0.3) is 0 Å². The standard InChI is InChI=1S/C25H36O7/c1-16-17-4-5-21-24(22(27)28-2)7-3-8-25(21,19(17)14-20-18(16)6-10-30-20)23(32-15-24)31-13-12-29-11-9-26/h6,10,16-17,19,21,23,26H,3-5,7-9,11-15H2,1-2H3/t16-,17+,19+,21+,23-,24+,25?/m1/s1. The third-order valence-corrected chi connectivity index (χ3v) is 9.12. The van der Waals surface area contributed by atoms with Crippen molar-refractivity contribution in [1.82, 2.24) is 0 Å². The summed E-state index contributed by atoms with van der Waals surface area (Å²) in [6.07, 6.45) is 7.19. The first kappa shape index (κ1) is 22.4. The predicted octanol–water partition coefficient (Wildman–Crippen LogP) is 3.29. The van der Waals surface area contributed by atoms with Crippen molar-refractivity contribution >= 4 is 5.97 Å². The molecule has 2 saturated carbocycles. The van der Waals surface area contributed by atoms with Crippen LogP contribution in [0.15, 0.2) is 16.7 Å². The van der Waals surface area contributed by atoms with Crippen molar-refractivity contribution in [3.8, 4) is 0 Å². The molecule has 32 heavy (non-hydrogen) atoms. The van der Waals surface area contributed by atoms with Crippen molar-refractivity contribution < 1.29 is 33.3 Å². The second-order valence-electron chi connectivity index (χ2n) is 10.2. The van der Waals surface area contributed by atoms with Gasteiger partial charge in [0.2, 0.25) is 0 Å². The van der Waals surface area contributed by atoms with E-state index in [9.17, 15) is 4.79 Å². The Hall–Kier alpha value is -1.41. The molecule has 0 amide bonds. The van der Waals surface area contributed by atoms with E-state index >= 15 is 0 Å². The van der Waals surface area contributed by atoms with Gasteiger partial charge >= 0.3 is 5.97 Å². The van der Waals surface area contributed by atoms with E-state index in [1.54, 1.807) is 0 Å². The molecule has 3 aliphatic carbocycles. The molecule has 2 heterocycles. The lowest BCUT2D eigenvalue weighted by molar-refractivity contribution is -0.333. The average Bonchev–Trinajstić information content (AvgIpc) is 3.28. The van der Waals surface area contributed by atoms with Crippen LogP contribution in [0.3, 0.4) is 0 Å². The lowest BCUT2D eigenvalue weighted by atomic mass is 9.41. The van der Waals surface area contributed by atoms with E-state index in [0.717, 1.165) is 44.3 Å². The molecule has 178 valence electrons. The van der Waals surface area contributed by atoms with Crippen LogP contribution >= 0.6 is 0 Å². The molecule has 0 radical (unpaired) electrons. The number of rotatable bonds is 7. The SMILES string of the molecule is COC(=O)[C@@]12CCCC3([C@H](OCCOCCO)OC1)[C@H]2CC[C@H]1[C@@H](C)c2ccoc2C[C@@H]13. The number of carbonyl (C=O) groups excluding carboxylic acids is 1. The van der Waals surface area contributed by atoms with Crippen LogP contribution in [0.5, 0.6) is 0 Å². The van der Waals surface area contributed by atoms with Crippen LogP contribution in [0, 0.1) is 28.6 Å². The van der Waals surface area contributed by atoms with E-state index in [2.05, 4.69) is 13.0 Å². The van der Waals surface area contributed by atoms with Gasteiger partial charge in [0.15, 0.2) is 6.29 Å². The first-order valence-electron chi connectivity index (χ1n) is 12.1. The van der Waals surface area contributed by atoms with Crippen molar-refractivity contribution in [2.45, 2.75) is 57.7 Å². The second-order valence-corrected chi connectivity index (χ2v) is 10.2. The molecule has 1 aromatic heterocycles. The lowest BCUT2D eigenvalue weighted by Gasteiger charge is -2.66. The Morgan fingerprint density at radius 3 is 2.94 bits per heavy atom. The van der Waals surface area contributed by atoms with Gasteiger partial charge in [0, 0.05) is 11.8 Å². The molecule has 1 aliphatic heterocycles. The van der Waals surface area contributed by atoms with Gasteiger partial charge in [0.05, 0.1) is 51.8 Å². The summed E-state index contributed by atoms with van der Waals surface area (Å²) >= 11 is 0. The van der Waals surface area contributed by atoms with Crippen LogP contribution < -0.4 is 0 Å². The maximum absolute atomic E-state index is 13.2. The summed E-state index contributed by atoms with van der Waals surface area (Å²) in [7, 11) is 1.50. The topological polar surface area (TPSA) is 87.4 Å². The van der Waals surface area contributed by atoms with Gasteiger partial charge in [-0.25, -0.2) is 0 Å². The summed E-state index contributed by atoms with van der Waals surface area (Å²) in [5.41, 5.74) is 0.504. The van der Waals surface area contributed by atoms with E-state index in [0.29, 0.717) is 44.2 Å². The fourth-order valence-corrected chi connectivity index (χ4v) is 7.91. The van der Waals surface area contributed by atoms with Crippen molar-refractivity contribution in [2.75, 3.05) is 40.1 Å². The number of ether oxygens (including phenoxy) is 4. The van der Waals surface area contributed by atoms with Gasteiger partial charge in [-0.3, -0.25) is 4.79 Å². The zero-order chi connectivity index (χ0) is 22.3. The van der Waals surface area contributed by atoms with E-state index in [1.165, 1.54) is 12.7 Å². The summed E-state index contributed by atoms with van der Waals surface area (Å²) in [5.74, 6) is 2.41. The number of carbonyl (C=O) groups is 1. The van der Waals surface area contributed by atoms with Crippen molar-refractivity contribution in [3.63, 3.8) is 0 Å². The van der Waals surface area contributed by atoms with Crippen LogP contribution in [0.25, 0.3) is 0 Å². The van der Waals surface area contributed by atoms with Crippen LogP contribution in [0.4, 0.5) is 0 Å². The Bertz CT molecular complexity index is 821. The molecule has 1 unspecified atom stereocenters. The van der Waals surface area contributed by atoms with Gasteiger partial charge in [-0.1, -0.05) is 13.3 Å². The molecule has 7 nitrogen and oxygen atoms in total. The van der Waals surface area contributed by atoms with Crippen molar-refractivity contribution in [3.05, 3.63) is 23.7 Å². The number of methoxy groups -OCH3 is 1. The zero-order valence-corrected chi connectivity index (χ0v) is 19.2. The largest absolute Gasteiger partial charge is 0.469 e. The summed E-state index contributed by atoms with van der Waals surface area (Å²) in [6.45, 7) is 3.80. The molecule has 1 saturated heterocycles. The summed E-state index contributed by atoms with van der Waals surface area (Å²) < 4.78 is 29.5. The Morgan fingerprint density at radius 1 is 1.25 bits per heavy atom. The molecule has 1 aromatic rings. The first-order chi connectivity index (χ1) is 15.6. The normalized spacial score (nSPS) is 40.2. The van der Waals surface area contributed by atoms with Gasteiger partial charge in [0.1, 0.15) is 5.76 Å². The van der Waals surface area contributed by atoms with Gasteiger partial charge in [-0.15, -0.1) is 0 Å². The minimum atomic E-state index is -0.585. The molecule has 0 aromatic carbocycles. The Morgan fingerprint density at radius 2 is 2.12 bits per heavy atom. The molecule has 0 spiro atoms. The molecule has 5 rings (SSSR count). The summed E-state index contributed by atoms with van der Waals surface area (Å²) in [6, 6.07) is 2.13. The second kappa shape index (κ2) is 8.75. The highest BCUT2D eigenvalue weighted by molar-refractivity contribution is 5.78. The molecule has 4 aliphatic rings. The monoisotopic (exact) mass is 448 g/mol. The van der Waals surface area contributed by atoms with E-state index in [1.807, 2.05) is 6.26 Å². The highest BCUT2D eigenvalue weighted by Gasteiger charge is 2.70. The summed E-state index contributed by atoms with van der Waals surface area (Å²) in [4.78, 5) is 13.2. The van der Waals surface area contributed by atoms with Crippen molar-refractivity contribution in [2.24, 2.45) is 28.6 Å². The molecule has 2 bridgehead atoms. The van der Waals surface area contributed by atoms with Crippen LogP contribution in [0.1, 0.15) is 56.3 Å². The van der Waals surface area contributed by atoms with Crippen LogP contribution in [-0.4, -0.2) is 57.5 Å². The quantitative estimate of drug-likeness (QED) is 0.506. The molecule has 3 fully saturated rings. The number of hydrogen-bond donors (Lipinski definition) is 1. The lowest BCUT2D eigenvalue weighted by Crippen LogP contribution is -2.68. The number of esters is 1. The fraction of sp³-hybridized carbons (Fsp3) is 0.800. The number of hydrogen-bond acceptors (Lipinski definition) is 7. The third kappa shape index (κ3) is 3.19. The van der Waals surface area contributed by atoms with Gasteiger partial charge < -0.3 is 28.5 Å². The smallest absolute Gasteiger partial charge is 0.314 e. The Labute approximate surface area is 189 Å². The third-order valence-electron chi connectivity index (χ3n) is 9.12. The van der Waals surface area contributed by atoms with E-state index in [4.69, 9.17) is 28.5 Å². The maximum atomic E-state index is 13.2. The fourth-order valence-electron chi connectivity index (χ4n) is 7.91. The summed E-state index contributed by atoms with van der Waals surface area (Å²) in [5, 5.41) is 8.96. The molecule has 1 N–H and O–H groups in total. The first-order valence-corrected chi connectivity index (χ1v) is 12.1. The molecular formula is C25H36O7. The number of aliphatic hydroxyl groups is 1. The van der Waals surface area contributed by atoms with Gasteiger partial charge in [-0.05, 0) is 61.0 Å². The Balaban J connectivity index is 1.51. The van der Waals surface area contributed by atoms with E-state index < -0.39 is 5.41 Å². The van der Waals surface area contributed by atoms with Gasteiger partial charge in [-0.2, -0.15) is 0 Å². The predicted molar refractivity (Wildman–Crippen MR) is 115 cm³/mol. The minimum absolute atomic E-state index is 0.000707. The average molecular weight is 449 g/mol. The number of aliphatic hydroxyl groups excluding tert-OH is 1. The maximum Gasteiger partial charge on any atom is 0.314 e. The zero-order valence-electron chi connectivity index (χ0n) is 19.2. The molecule has 7 atom stereocenters. The van der Waals surface area contributed by atoms with Crippen LogP contribution in [0.2, 0.25) is 0 Å². The molecular weight excluding hydrogens is 412 g/mol. The number of fused-ring (bicyclic) bond motifs is 2. The highest BCUT2D eigenvalue weighted by Crippen LogP contribution is 2.69. The minimum Gasteiger partial charge on any atom is -0.469 e.